The van der Waals surface area contributed by atoms with Gasteiger partial charge in [0.25, 0.3) is 0 Å². The van der Waals surface area contributed by atoms with Crippen molar-refractivity contribution in [2.75, 3.05) is 47.1 Å². The van der Waals surface area contributed by atoms with E-state index in [1.165, 1.54) is 50.8 Å². The van der Waals surface area contributed by atoms with Crippen LogP contribution in [-0.2, 0) is 11.2 Å². The fourth-order valence-electron chi connectivity index (χ4n) is 3.39. The first-order valence-electron chi connectivity index (χ1n) is 14.8. The average Bonchev–Trinajstić information content (AvgIpc) is 3.46. The summed E-state index contributed by atoms with van der Waals surface area (Å²) in [5, 5.41) is 0. The molecule has 0 aliphatic carbocycles. The monoisotopic (exact) mass is 545 g/mol. The lowest BCUT2D eigenvalue weighted by molar-refractivity contribution is -0.117. The van der Waals surface area contributed by atoms with Gasteiger partial charge in [0.05, 0.1) is 13.7 Å². The van der Waals surface area contributed by atoms with Gasteiger partial charge in [-0.05, 0) is 88.3 Å². The van der Waals surface area contributed by atoms with E-state index >= 15 is 0 Å². The lowest BCUT2D eigenvalue weighted by Crippen LogP contribution is -2.15. The second kappa shape index (κ2) is 24.3. The molecule has 0 N–H and O–H groups in total. The molecule has 222 valence electrons. The van der Waals surface area contributed by atoms with Gasteiger partial charge in [0, 0.05) is 6.42 Å². The van der Waals surface area contributed by atoms with Gasteiger partial charge in [-0.3, -0.25) is 4.79 Å². The van der Waals surface area contributed by atoms with Gasteiger partial charge in [-0.15, -0.1) is 0 Å². The number of Topliss-reactive ketones (excluding diaryl/α,β-unsaturated/α-hetero) is 1. The zero-order chi connectivity index (χ0) is 29.3. The van der Waals surface area contributed by atoms with Crippen molar-refractivity contribution in [2.45, 2.75) is 86.5 Å². The molecule has 39 heavy (non-hydrogen) atoms. The van der Waals surface area contributed by atoms with Gasteiger partial charge in [-0.1, -0.05) is 59.9 Å². The quantitative estimate of drug-likeness (QED) is 0.335. The molecule has 0 amide bonds. The zero-order valence-electron chi connectivity index (χ0n) is 26.0. The van der Waals surface area contributed by atoms with Gasteiger partial charge in [-0.25, -0.2) is 0 Å². The molecule has 2 aromatic carbocycles. The number of methoxy groups -OCH3 is 1. The van der Waals surface area contributed by atoms with E-state index in [0.717, 1.165) is 29.4 Å². The minimum absolute atomic E-state index is 0.138. The number of hydrogen-bond donors (Lipinski definition) is 0. The molecule has 0 atom stereocenters. The minimum atomic E-state index is 0.138. The molecule has 6 nitrogen and oxygen atoms in total. The van der Waals surface area contributed by atoms with Gasteiger partial charge < -0.3 is 23.8 Å². The highest BCUT2D eigenvalue weighted by Gasteiger charge is 2.10. The van der Waals surface area contributed by atoms with Crippen molar-refractivity contribution < 1.29 is 23.7 Å². The van der Waals surface area contributed by atoms with Crippen molar-refractivity contribution in [3.8, 4) is 23.0 Å². The second-order valence-electron chi connectivity index (χ2n) is 9.21. The van der Waals surface area contributed by atoms with E-state index in [9.17, 15) is 4.79 Å². The lowest BCUT2D eigenvalue weighted by Gasteiger charge is -2.18. The molecule has 2 heterocycles. The minimum Gasteiger partial charge on any atom is -0.497 e. The number of rotatable bonds is 8. The summed E-state index contributed by atoms with van der Waals surface area (Å²) in [6.45, 7) is 16.5. The normalized spacial score (nSPS) is 13.0. The third-order valence-corrected chi connectivity index (χ3v) is 5.76. The maximum absolute atomic E-state index is 10.6. The van der Waals surface area contributed by atoms with Crippen LogP contribution >= 0.6 is 0 Å². The number of unbranched alkanes of at least 4 members (excludes halogenated alkanes) is 1. The molecule has 2 aliphatic heterocycles. The maximum atomic E-state index is 10.6. The van der Waals surface area contributed by atoms with Crippen molar-refractivity contribution in [1.82, 2.24) is 4.90 Å². The number of nitrogens with zero attached hydrogens (tertiary/aromatic N) is 1. The lowest BCUT2D eigenvalue weighted by atomic mass is 10.1. The second-order valence-corrected chi connectivity index (χ2v) is 9.21. The summed E-state index contributed by atoms with van der Waals surface area (Å²) in [6, 6.07) is 13.5. The Bertz CT molecular complexity index is 846. The highest BCUT2D eigenvalue weighted by atomic mass is 16.6. The fraction of sp³-hybridized carbons (Fsp3) is 0.606. The van der Waals surface area contributed by atoms with Crippen LogP contribution in [0.1, 0.15) is 85.6 Å². The van der Waals surface area contributed by atoms with E-state index in [1.807, 2.05) is 44.2 Å². The van der Waals surface area contributed by atoms with E-state index in [2.05, 4.69) is 44.9 Å². The molecule has 0 bridgehead atoms. The fourth-order valence-corrected chi connectivity index (χ4v) is 3.39. The van der Waals surface area contributed by atoms with E-state index in [0.29, 0.717) is 26.2 Å². The summed E-state index contributed by atoms with van der Waals surface area (Å²) in [6.07, 6.45) is 8.19. The Hall–Kier alpha value is -2.73. The van der Waals surface area contributed by atoms with Gasteiger partial charge in [0.2, 0.25) is 0 Å². The molecule has 0 aromatic heterocycles. The summed E-state index contributed by atoms with van der Waals surface area (Å²) in [5.41, 5.74) is 1.33. The molecule has 4 rings (SSSR count). The van der Waals surface area contributed by atoms with Crippen LogP contribution in [-0.4, -0.2) is 57.8 Å². The molecule has 0 spiro atoms. The third-order valence-electron chi connectivity index (χ3n) is 5.76. The number of ketones is 1. The van der Waals surface area contributed by atoms with E-state index < -0.39 is 0 Å². The number of ether oxygens (including phenoxy) is 4. The Morgan fingerprint density at radius 3 is 1.87 bits per heavy atom. The molecule has 0 radical (unpaired) electrons. The van der Waals surface area contributed by atoms with Crippen LogP contribution in [0.2, 0.25) is 0 Å². The number of likely N-dealkylation sites (tertiary alicyclic amines) is 1. The van der Waals surface area contributed by atoms with Crippen molar-refractivity contribution in [1.29, 1.82) is 0 Å². The van der Waals surface area contributed by atoms with Crippen molar-refractivity contribution in [3.63, 3.8) is 0 Å². The summed E-state index contributed by atoms with van der Waals surface area (Å²) in [5.74, 6) is 3.47. The third kappa shape index (κ3) is 18.2. The van der Waals surface area contributed by atoms with Crippen LogP contribution in [0.4, 0.5) is 0 Å². The molecule has 0 unspecified atom stereocenters. The first-order chi connectivity index (χ1) is 18.9. The highest BCUT2D eigenvalue weighted by Crippen LogP contribution is 2.30. The maximum Gasteiger partial charge on any atom is 0.161 e. The number of fused-ring (bicyclic) bond motifs is 1. The van der Waals surface area contributed by atoms with Crippen LogP contribution in [0.25, 0.3) is 0 Å². The molecular weight excluding hydrogens is 490 g/mol. The summed E-state index contributed by atoms with van der Waals surface area (Å²) in [7, 11) is 3.79. The van der Waals surface area contributed by atoms with Gasteiger partial charge in [0.15, 0.2) is 11.5 Å². The molecule has 0 saturated carbocycles. The molecule has 1 saturated heterocycles. The smallest absolute Gasteiger partial charge is 0.161 e. The van der Waals surface area contributed by atoms with Gasteiger partial charge in [-0.2, -0.15) is 0 Å². The number of hydrogen-bond acceptors (Lipinski definition) is 6. The standard InChI is InChI=1S/C11H14O3.C11H14O2.C5H11N.C4H10.C2H6/c1-9(12)7-8-14-11-5-3-10(13-2)4-6-11;1-2-3-9-4-5-10-11(8-9)13-7-6-12-10;1-6-4-2-3-5-6;1-3-4-2;1-2/h3-6H,7-8H2,1-2H3;4-5,8H,2-3,6-7H2,1H3;2-5H2,1H3;3-4H2,1-2H3;1-2H3. The van der Waals surface area contributed by atoms with Crippen LogP contribution in [0.15, 0.2) is 42.5 Å². The molecule has 2 aromatic rings. The Labute approximate surface area is 239 Å². The van der Waals surface area contributed by atoms with Crippen LogP contribution in [0, 0.1) is 0 Å². The number of carbonyl (C=O) groups is 1. The molecule has 6 heteroatoms. The van der Waals surface area contributed by atoms with E-state index in [4.69, 9.17) is 18.9 Å². The van der Waals surface area contributed by atoms with Crippen LogP contribution < -0.4 is 18.9 Å². The molecule has 2 aliphatic rings. The topological polar surface area (TPSA) is 57.2 Å². The van der Waals surface area contributed by atoms with Crippen LogP contribution in [0.3, 0.4) is 0 Å². The average molecular weight is 546 g/mol. The Kier molecular flexibility index (Phi) is 22.6. The Balaban J connectivity index is 0.000000529. The SMILES string of the molecule is CC.CCCC.CCCc1ccc2c(c1)OCCO2.CN1CCCC1.COc1ccc(OCCC(C)=O)cc1. The summed E-state index contributed by atoms with van der Waals surface area (Å²) >= 11 is 0. The Morgan fingerprint density at radius 2 is 1.41 bits per heavy atom. The van der Waals surface area contributed by atoms with Crippen molar-refractivity contribution in [2.24, 2.45) is 0 Å². The summed E-state index contributed by atoms with van der Waals surface area (Å²) < 4.78 is 21.3. The number of carbonyl (C=O) groups excluding carboxylic acids is 1. The van der Waals surface area contributed by atoms with E-state index in [1.54, 1.807) is 14.0 Å². The van der Waals surface area contributed by atoms with Crippen molar-refractivity contribution >= 4 is 5.78 Å². The first-order valence-corrected chi connectivity index (χ1v) is 14.8. The Morgan fingerprint density at radius 1 is 0.846 bits per heavy atom. The van der Waals surface area contributed by atoms with Crippen molar-refractivity contribution in [3.05, 3.63) is 48.0 Å². The van der Waals surface area contributed by atoms with Crippen LogP contribution in [0.5, 0.6) is 23.0 Å². The predicted molar refractivity (Wildman–Crippen MR) is 164 cm³/mol. The summed E-state index contributed by atoms with van der Waals surface area (Å²) in [4.78, 5) is 13.0. The predicted octanol–water partition coefficient (Wildman–Crippen LogP) is 8.01. The zero-order valence-corrected chi connectivity index (χ0v) is 26.0. The van der Waals surface area contributed by atoms with E-state index in [-0.39, 0.29) is 5.78 Å². The first kappa shape index (κ1) is 36.3. The number of aryl methyl sites for hydroxylation is 1. The largest absolute Gasteiger partial charge is 0.497 e. The van der Waals surface area contributed by atoms with Gasteiger partial charge >= 0.3 is 0 Å². The molecule has 1 fully saturated rings. The highest BCUT2D eigenvalue weighted by molar-refractivity contribution is 5.75. The molecular formula is C33H55NO5. The van der Waals surface area contributed by atoms with Gasteiger partial charge in [0.1, 0.15) is 30.5 Å². The number of benzene rings is 2.